The molecule has 6 heteroatoms. The lowest BCUT2D eigenvalue weighted by molar-refractivity contribution is 0.115. The molecule has 4 nitrogen and oxygen atoms in total. The van der Waals surface area contributed by atoms with Gasteiger partial charge in [-0.3, -0.25) is 0 Å². The van der Waals surface area contributed by atoms with Gasteiger partial charge in [0.05, 0.1) is 24.4 Å². The molecule has 2 aromatic rings. The highest BCUT2D eigenvalue weighted by Gasteiger charge is 2.22. The van der Waals surface area contributed by atoms with Crippen LogP contribution < -0.4 is 5.73 Å². The number of hydrogen-bond acceptors (Lipinski definition) is 6. The number of aliphatic hydroxyl groups is 2. The summed E-state index contributed by atoms with van der Waals surface area (Å²) in [5.41, 5.74) is 8.29. The maximum absolute atomic E-state index is 9.26. The van der Waals surface area contributed by atoms with Crippen molar-refractivity contribution in [2.24, 2.45) is 5.73 Å². The summed E-state index contributed by atoms with van der Waals surface area (Å²) in [6.07, 6.45) is 5.05. The van der Waals surface area contributed by atoms with E-state index in [9.17, 15) is 10.2 Å². The van der Waals surface area contributed by atoms with E-state index in [-0.39, 0.29) is 13.2 Å². The summed E-state index contributed by atoms with van der Waals surface area (Å²) < 4.78 is 1.13. The molecule has 1 aromatic heterocycles. The van der Waals surface area contributed by atoms with Gasteiger partial charge < -0.3 is 15.9 Å². The maximum Gasteiger partial charge on any atom is 0.150 e. The van der Waals surface area contributed by atoms with E-state index >= 15 is 0 Å². The lowest BCUT2D eigenvalue weighted by Gasteiger charge is -2.24. The molecule has 0 spiro atoms. The Kier molecular flexibility index (Phi) is 8.39. The number of nitrogens with two attached hydrogens (primary N) is 1. The first-order valence-electron chi connectivity index (χ1n) is 8.78. The van der Waals surface area contributed by atoms with E-state index in [0.29, 0.717) is 6.42 Å². The highest BCUT2D eigenvalue weighted by atomic mass is 32.2. The minimum Gasteiger partial charge on any atom is -0.394 e. The van der Waals surface area contributed by atoms with Crippen molar-refractivity contribution in [2.75, 3.05) is 19.0 Å². The van der Waals surface area contributed by atoms with Gasteiger partial charge in [0.1, 0.15) is 0 Å². The first-order chi connectivity index (χ1) is 12.1. The highest BCUT2D eigenvalue weighted by molar-refractivity contribution is 8.01. The summed E-state index contributed by atoms with van der Waals surface area (Å²) >= 11 is 3.55. The van der Waals surface area contributed by atoms with Crippen molar-refractivity contribution in [1.29, 1.82) is 0 Å². The third-order valence-electron chi connectivity index (χ3n) is 4.25. The van der Waals surface area contributed by atoms with Crippen molar-refractivity contribution in [2.45, 2.75) is 48.9 Å². The van der Waals surface area contributed by atoms with E-state index in [1.807, 2.05) is 11.8 Å². The van der Waals surface area contributed by atoms with Crippen molar-refractivity contribution in [3.63, 3.8) is 0 Å². The molecule has 0 aliphatic rings. The number of aliphatic hydroxyl groups excluding tert-OH is 2. The number of benzene rings is 1. The van der Waals surface area contributed by atoms with E-state index in [1.165, 1.54) is 19.3 Å². The smallest absolute Gasteiger partial charge is 0.150 e. The van der Waals surface area contributed by atoms with Crippen LogP contribution in [-0.2, 0) is 6.42 Å². The summed E-state index contributed by atoms with van der Waals surface area (Å²) in [6, 6.07) is 8.29. The number of aromatic nitrogens is 1. The highest BCUT2D eigenvalue weighted by Crippen LogP contribution is 2.29. The van der Waals surface area contributed by atoms with Crippen molar-refractivity contribution in [1.82, 2.24) is 4.98 Å². The fourth-order valence-electron chi connectivity index (χ4n) is 2.41. The Balaban J connectivity index is 1.90. The fraction of sp³-hybridized carbons (Fsp3) is 0.526. The molecule has 0 fully saturated rings. The van der Waals surface area contributed by atoms with Gasteiger partial charge >= 0.3 is 0 Å². The Hall–Kier alpha value is -0.920. The minimum atomic E-state index is -0.905. The predicted molar refractivity (Wildman–Crippen MR) is 107 cm³/mol. The number of thioether (sulfide) groups is 1. The lowest BCUT2D eigenvalue weighted by Crippen LogP contribution is -2.47. The number of thiazole rings is 1. The van der Waals surface area contributed by atoms with Gasteiger partial charge in [0.2, 0.25) is 0 Å². The van der Waals surface area contributed by atoms with Crippen LogP contribution in [0.4, 0.5) is 0 Å². The monoisotopic (exact) mass is 380 g/mol. The van der Waals surface area contributed by atoms with Crippen LogP contribution in [0.5, 0.6) is 0 Å². The molecule has 0 amide bonds. The standard InChI is InChI=1S/C19H28N2O2S2/c1-2-3-4-11-24-18-21-17(12-25-18)16-7-5-15(6-8-16)9-10-19(20,13-22)14-23/h5-8,12,22-23H,2-4,9-11,13-14,20H2,1H3. The second-order valence-electron chi connectivity index (χ2n) is 6.43. The Morgan fingerprint density at radius 1 is 1.16 bits per heavy atom. The molecule has 1 heterocycles. The summed E-state index contributed by atoms with van der Waals surface area (Å²) in [5, 5.41) is 20.6. The zero-order valence-corrected chi connectivity index (χ0v) is 16.4. The third-order valence-corrected chi connectivity index (χ3v) is 6.35. The molecule has 25 heavy (non-hydrogen) atoms. The Bertz CT molecular complexity index is 625. The van der Waals surface area contributed by atoms with Crippen LogP contribution in [0.1, 0.15) is 38.2 Å². The fourth-order valence-corrected chi connectivity index (χ4v) is 4.32. The molecule has 4 N–H and O–H groups in total. The number of hydrogen-bond donors (Lipinski definition) is 3. The Morgan fingerprint density at radius 3 is 2.52 bits per heavy atom. The van der Waals surface area contributed by atoms with E-state index in [2.05, 4.69) is 36.6 Å². The van der Waals surface area contributed by atoms with Gasteiger partial charge in [0, 0.05) is 16.7 Å². The largest absolute Gasteiger partial charge is 0.394 e. The summed E-state index contributed by atoms with van der Waals surface area (Å²) in [4.78, 5) is 4.71. The summed E-state index contributed by atoms with van der Waals surface area (Å²) in [7, 11) is 0. The van der Waals surface area contributed by atoms with Gasteiger partial charge in [0.15, 0.2) is 4.34 Å². The van der Waals surface area contributed by atoms with Crippen molar-refractivity contribution < 1.29 is 10.2 Å². The van der Waals surface area contributed by atoms with Crippen LogP contribution >= 0.6 is 23.1 Å². The van der Waals surface area contributed by atoms with Crippen LogP contribution in [0.25, 0.3) is 11.3 Å². The predicted octanol–water partition coefficient (Wildman–Crippen LogP) is 3.71. The van der Waals surface area contributed by atoms with E-state index in [4.69, 9.17) is 10.7 Å². The number of nitrogens with zero attached hydrogens (tertiary/aromatic N) is 1. The molecule has 0 bridgehead atoms. The van der Waals surface area contributed by atoms with Crippen molar-refractivity contribution in [3.05, 3.63) is 35.2 Å². The second-order valence-corrected chi connectivity index (χ2v) is 8.63. The average molecular weight is 381 g/mol. The molecule has 0 aliphatic heterocycles. The first-order valence-corrected chi connectivity index (χ1v) is 10.6. The normalized spacial score (nSPS) is 11.8. The van der Waals surface area contributed by atoms with Gasteiger partial charge in [-0.15, -0.1) is 11.3 Å². The van der Waals surface area contributed by atoms with Gasteiger partial charge in [-0.1, -0.05) is 55.8 Å². The molecule has 0 unspecified atom stereocenters. The molecule has 0 atom stereocenters. The van der Waals surface area contributed by atoms with Gasteiger partial charge in [-0.2, -0.15) is 0 Å². The van der Waals surface area contributed by atoms with E-state index in [1.54, 1.807) is 11.3 Å². The maximum atomic E-state index is 9.26. The van der Waals surface area contributed by atoms with Gasteiger partial charge in [-0.25, -0.2) is 4.98 Å². The SMILES string of the molecule is CCCCCSc1nc(-c2ccc(CCC(N)(CO)CO)cc2)cs1. The lowest BCUT2D eigenvalue weighted by atomic mass is 9.93. The molecular formula is C19H28N2O2S2. The molecule has 0 saturated heterocycles. The molecule has 0 aliphatic carbocycles. The molecule has 0 radical (unpaired) electrons. The molecular weight excluding hydrogens is 352 g/mol. The zero-order valence-electron chi connectivity index (χ0n) is 14.8. The third kappa shape index (κ3) is 6.38. The summed E-state index contributed by atoms with van der Waals surface area (Å²) in [6.45, 7) is 1.80. The number of rotatable bonds is 11. The molecule has 138 valence electrons. The first kappa shape index (κ1) is 20.4. The average Bonchev–Trinajstić information content (AvgIpc) is 3.13. The Labute approximate surface area is 158 Å². The van der Waals surface area contributed by atoms with Crippen molar-refractivity contribution in [3.8, 4) is 11.3 Å². The van der Waals surface area contributed by atoms with Crippen LogP contribution in [0.15, 0.2) is 34.0 Å². The quantitative estimate of drug-likeness (QED) is 0.409. The van der Waals surface area contributed by atoms with Crippen LogP contribution in [-0.4, -0.2) is 39.7 Å². The van der Waals surface area contributed by atoms with E-state index in [0.717, 1.165) is 33.3 Å². The molecule has 2 rings (SSSR count). The van der Waals surface area contributed by atoms with Crippen LogP contribution in [0, 0.1) is 0 Å². The molecule has 0 saturated carbocycles. The number of unbranched alkanes of at least 4 members (excludes halogenated alkanes) is 2. The number of aryl methyl sites for hydroxylation is 1. The van der Waals surface area contributed by atoms with Crippen LogP contribution in [0.2, 0.25) is 0 Å². The van der Waals surface area contributed by atoms with Gasteiger partial charge in [-0.05, 0) is 24.8 Å². The second kappa shape index (κ2) is 10.3. The summed E-state index contributed by atoms with van der Waals surface area (Å²) in [5.74, 6) is 1.14. The van der Waals surface area contributed by atoms with Crippen molar-refractivity contribution >= 4 is 23.1 Å². The van der Waals surface area contributed by atoms with Gasteiger partial charge in [0.25, 0.3) is 0 Å². The Morgan fingerprint density at radius 2 is 1.88 bits per heavy atom. The van der Waals surface area contributed by atoms with E-state index < -0.39 is 5.54 Å². The molecule has 1 aromatic carbocycles. The zero-order chi connectivity index (χ0) is 18.1. The van der Waals surface area contributed by atoms with Crippen LogP contribution in [0.3, 0.4) is 0 Å². The topological polar surface area (TPSA) is 79.4 Å². The minimum absolute atomic E-state index is 0.209.